The number of fused-ring (bicyclic) bond motifs is 1. The molecule has 0 aliphatic rings. The maximum Gasteiger partial charge on any atom is 0.205 e. The normalized spacial score (nSPS) is 11.2. The lowest BCUT2D eigenvalue weighted by Crippen LogP contribution is -2.02. The van der Waals surface area contributed by atoms with E-state index in [-0.39, 0.29) is 5.57 Å². The third kappa shape index (κ3) is 3.53. The average Bonchev–Trinajstić information content (AvgIpc) is 3.13. The molecule has 0 saturated carbocycles. The average molecular weight is 397 g/mol. The van der Waals surface area contributed by atoms with Crippen molar-refractivity contribution in [3.63, 3.8) is 0 Å². The number of hydrogen-bond donors (Lipinski definition) is 1. The van der Waals surface area contributed by atoms with Crippen LogP contribution in [0.25, 0.3) is 17.0 Å². The van der Waals surface area contributed by atoms with E-state index in [1.54, 1.807) is 36.5 Å². The lowest BCUT2D eigenvalue weighted by Gasteiger charge is -2.12. The molecule has 2 aromatic carbocycles. The topological polar surface area (TPSA) is 84.3 Å². The largest absolute Gasteiger partial charge is 0.496 e. The number of methoxy groups -OCH3 is 3. The molecule has 0 amide bonds. The summed E-state index contributed by atoms with van der Waals surface area (Å²) in [4.78, 5) is 16.0. The van der Waals surface area contributed by atoms with Crippen LogP contribution < -0.4 is 14.2 Å². The van der Waals surface area contributed by atoms with Crippen molar-refractivity contribution in [2.45, 2.75) is 0 Å². The Bertz CT molecular complexity index is 1130. The first-order valence-electron chi connectivity index (χ1n) is 8.25. The van der Waals surface area contributed by atoms with Gasteiger partial charge in [0.25, 0.3) is 0 Å². The Kier molecular flexibility index (Phi) is 5.57. The summed E-state index contributed by atoms with van der Waals surface area (Å²) in [5.74, 6) is 0.979. The molecule has 0 radical (unpaired) electrons. The van der Waals surface area contributed by atoms with Gasteiger partial charge in [0, 0.05) is 39.3 Å². The zero-order valence-corrected chi connectivity index (χ0v) is 16.3. The molecule has 0 unspecified atom stereocenters. The molecular formula is C21H17ClN2O4. The summed E-state index contributed by atoms with van der Waals surface area (Å²) < 4.78 is 15.9. The van der Waals surface area contributed by atoms with E-state index in [0.717, 1.165) is 5.52 Å². The molecule has 1 aromatic heterocycles. The molecule has 1 heterocycles. The number of carbonyl (C=O) groups is 1. The summed E-state index contributed by atoms with van der Waals surface area (Å²) in [6, 6.07) is 10.4. The highest BCUT2D eigenvalue weighted by Crippen LogP contribution is 2.36. The van der Waals surface area contributed by atoms with Crippen LogP contribution in [0, 0.1) is 11.3 Å². The van der Waals surface area contributed by atoms with Gasteiger partial charge in [-0.25, -0.2) is 0 Å². The van der Waals surface area contributed by atoms with Gasteiger partial charge in [0.2, 0.25) is 5.78 Å². The highest BCUT2D eigenvalue weighted by atomic mass is 35.5. The van der Waals surface area contributed by atoms with E-state index < -0.39 is 5.78 Å². The molecule has 28 heavy (non-hydrogen) atoms. The summed E-state index contributed by atoms with van der Waals surface area (Å²) in [5.41, 5.74) is 1.59. The fraction of sp³-hybridized carbons (Fsp3) is 0.143. The zero-order chi connectivity index (χ0) is 20.3. The van der Waals surface area contributed by atoms with E-state index in [1.165, 1.54) is 27.4 Å². The van der Waals surface area contributed by atoms with Gasteiger partial charge in [-0.1, -0.05) is 17.7 Å². The van der Waals surface area contributed by atoms with Gasteiger partial charge in [-0.05, 0) is 24.3 Å². The number of carbonyl (C=O) groups excluding carboxylic acids is 1. The van der Waals surface area contributed by atoms with Gasteiger partial charge in [0.05, 0.1) is 21.3 Å². The Morgan fingerprint density at radius 3 is 2.39 bits per heavy atom. The number of hydrogen-bond acceptors (Lipinski definition) is 5. The quantitative estimate of drug-likeness (QED) is 0.373. The molecule has 6 nitrogen and oxygen atoms in total. The number of Topliss-reactive ketones (excluding diaryl/α,β-unsaturated/α-hetero) is 1. The van der Waals surface area contributed by atoms with Crippen molar-refractivity contribution in [1.82, 2.24) is 4.98 Å². The van der Waals surface area contributed by atoms with Crippen molar-refractivity contribution >= 4 is 34.4 Å². The maximum absolute atomic E-state index is 13.0. The number of rotatable bonds is 6. The molecule has 0 aliphatic heterocycles. The van der Waals surface area contributed by atoms with E-state index in [9.17, 15) is 10.1 Å². The Morgan fingerprint density at radius 2 is 1.75 bits per heavy atom. The number of halogens is 1. The molecule has 0 aliphatic carbocycles. The second-order valence-corrected chi connectivity index (χ2v) is 6.28. The van der Waals surface area contributed by atoms with Crippen LogP contribution in [0.2, 0.25) is 5.02 Å². The van der Waals surface area contributed by atoms with Crippen molar-refractivity contribution < 1.29 is 19.0 Å². The van der Waals surface area contributed by atoms with Crippen LogP contribution in [-0.4, -0.2) is 32.1 Å². The number of allylic oxidation sites excluding steroid dienone is 1. The molecule has 142 valence electrons. The molecule has 0 spiro atoms. The van der Waals surface area contributed by atoms with Crippen LogP contribution in [0.5, 0.6) is 17.2 Å². The van der Waals surface area contributed by atoms with Crippen LogP contribution in [-0.2, 0) is 0 Å². The summed E-state index contributed by atoms with van der Waals surface area (Å²) in [6.45, 7) is 0. The molecule has 0 bridgehead atoms. The molecule has 1 N–H and O–H groups in total. The third-order valence-electron chi connectivity index (χ3n) is 4.29. The predicted octanol–water partition coefficient (Wildman–Crippen LogP) is 4.64. The number of nitrogens with one attached hydrogen (secondary N) is 1. The van der Waals surface area contributed by atoms with E-state index in [4.69, 9.17) is 25.8 Å². The minimum atomic E-state index is -0.409. The van der Waals surface area contributed by atoms with E-state index in [0.29, 0.717) is 38.8 Å². The van der Waals surface area contributed by atoms with Crippen LogP contribution in [0.3, 0.4) is 0 Å². The third-order valence-corrected chi connectivity index (χ3v) is 4.52. The van der Waals surface area contributed by atoms with E-state index in [2.05, 4.69) is 4.98 Å². The van der Waals surface area contributed by atoms with Crippen LogP contribution in [0.4, 0.5) is 0 Å². The van der Waals surface area contributed by atoms with Crippen LogP contribution in [0.1, 0.15) is 15.9 Å². The van der Waals surface area contributed by atoms with Crippen LogP contribution >= 0.6 is 11.6 Å². The number of aromatic amines is 1. The highest BCUT2D eigenvalue weighted by molar-refractivity contribution is 6.31. The molecule has 0 atom stereocenters. The molecule has 7 heteroatoms. The zero-order valence-electron chi connectivity index (χ0n) is 15.5. The minimum Gasteiger partial charge on any atom is -0.496 e. The second kappa shape index (κ2) is 8.07. The first-order valence-corrected chi connectivity index (χ1v) is 8.63. The summed E-state index contributed by atoms with van der Waals surface area (Å²) in [7, 11) is 4.52. The molecular weight excluding hydrogens is 380 g/mol. The van der Waals surface area contributed by atoms with Gasteiger partial charge in [-0.2, -0.15) is 5.26 Å². The summed E-state index contributed by atoms with van der Waals surface area (Å²) in [6.07, 6.45) is 3.04. The highest BCUT2D eigenvalue weighted by Gasteiger charge is 2.18. The minimum absolute atomic E-state index is 0.0404. The number of benzene rings is 2. The molecule has 3 aromatic rings. The van der Waals surface area contributed by atoms with Crippen molar-refractivity contribution in [2.24, 2.45) is 0 Å². The Labute approximate surface area is 166 Å². The number of aromatic nitrogens is 1. The standard InChI is InChI=1S/C21H17ClN2O4/c1-26-18-9-20(28-3)19(27-2)7-12(18)6-13(10-23)21(25)16-11-24-17-8-14(22)4-5-15(16)17/h4-9,11,24H,1-3H3/b13-6-. The van der Waals surface area contributed by atoms with Gasteiger partial charge >= 0.3 is 0 Å². The first-order chi connectivity index (χ1) is 13.5. The van der Waals surface area contributed by atoms with E-state index >= 15 is 0 Å². The van der Waals surface area contributed by atoms with Crippen molar-refractivity contribution in [3.8, 4) is 23.3 Å². The Morgan fingerprint density at radius 1 is 1.07 bits per heavy atom. The second-order valence-electron chi connectivity index (χ2n) is 5.84. The number of nitriles is 1. The SMILES string of the molecule is COc1cc(OC)c(OC)cc1/C=C(/C#N)C(=O)c1c[nH]c2cc(Cl)ccc12. The molecule has 3 rings (SSSR count). The number of ketones is 1. The summed E-state index contributed by atoms with van der Waals surface area (Å²) in [5, 5.41) is 10.8. The lowest BCUT2D eigenvalue weighted by molar-refractivity contribution is 0.104. The Hall–Kier alpha value is -3.43. The number of ether oxygens (including phenoxy) is 3. The molecule has 0 saturated heterocycles. The fourth-order valence-corrected chi connectivity index (χ4v) is 3.07. The maximum atomic E-state index is 13.0. The predicted molar refractivity (Wildman–Crippen MR) is 107 cm³/mol. The number of H-pyrrole nitrogens is 1. The number of nitrogens with zero attached hydrogens (tertiary/aromatic N) is 1. The van der Waals surface area contributed by atoms with Gasteiger partial charge < -0.3 is 19.2 Å². The lowest BCUT2D eigenvalue weighted by atomic mass is 10.0. The van der Waals surface area contributed by atoms with Gasteiger partial charge in [-0.3, -0.25) is 4.79 Å². The van der Waals surface area contributed by atoms with Crippen molar-refractivity contribution in [3.05, 3.63) is 58.3 Å². The van der Waals surface area contributed by atoms with E-state index in [1.807, 2.05) is 6.07 Å². The van der Waals surface area contributed by atoms with Crippen molar-refractivity contribution in [2.75, 3.05) is 21.3 Å². The van der Waals surface area contributed by atoms with Gasteiger partial charge in [0.15, 0.2) is 11.5 Å². The monoisotopic (exact) mass is 396 g/mol. The van der Waals surface area contributed by atoms with Gasteiger partial charge in [0.1, 0.15) is 17.4 Å². The summed E-state index contributed by atoms with van der Waals surface area (Å²) >= 11 is 5.99. The fourth-order valence-electron chi connectivity index (χ4n) is 2.90. The smallest absolute Gasteiger partial charge is 0.205 e. The van der Waals surface area contributed by atoms with Crippen molar-refractivity contribution in [1.29, 1.82) is 5.26 Å². The van der Waals surface area contributed by atoms with Crippen LogP contribution in [0.15, 0.2) is 42.1 Å². The molecule has 0 fully saturated rings. The first kappa shape index (κ1) is 19.3. The Balaban J connectivity index is 2.09. The van der Waals surface area contributed by atoms with Gasteiger partial charge in [-0.15, -0.1) is 0 Å².